The number of likely N-dealkylation sites (N-methyl/N-ethyl adjacent to an activating group) is 1. The van der Waals surface area contributed by atoms with Crippen LogP contribution >= 0.6 is 11.6 Å². The number of amides is 1. The van der Waals surface area contributed by atoms with Crippen molar-refractivity contribution in [2.75, 3.05) is 45.2 Å². The minimum atomic E-state index is -0.421. The Hall–Kier alpha value is -2.74. The van der Waals surface area contributed by atoms with Gasteiger partial charge < -0.3 is 24.9 Å². The summed E-state index contributed by atoms with van der Waals surface area (Å²) in [5, 5.41) is 6.79. The molecule has 2 aromatic rings. The number of nitrogens with one attached hydrogen (secondary N) is 2. The maximum atomic E-state index is 13.4. The van der Waals surface area contributed by atoms with E-state index in [1.54, 1.807) is 32.5 Å². The van der Waals surface area contributed by atoms with Crippen LogP contribution < -0.4 is 15.5 Å². The third kappa shape index (κ3) is 6.13. The van der Waals surface area contributed by atoms with Gasteiger partial charge in [-0.25, -0.2) is 9.38 Å². The molecule has 1 aromatic heterocycles. The topological polar surface area (TPSA) is 73.1 Å². The minimum Gasteiger partial charge on any atom is -0.469 e. The molecule has 162 valence electrons. The molecule has 1 aromatic carbocycles. The SMILES string of the molecule is CN(C)C(=O)CN=C(NCCc1ccco1)NC1CCN(c2ccc(F)c(Cl)c2)C1. The number of guanidine groups is 1. The Morgan fingerprint density at radius 2 is 2.23 bits per heavy atom. The zero-order valence-corrected chi connectivity index (χ0v) is 18.0. The highest BCUT2D eigenvalue weighted by molar-refractivity contribution is 6.31. The smallest absolute Gasteiger partial charge is 0.243 e. The van der Waals surface area contributed by atoms with Gasteiger partial charge in [0.1, 0.15) is 18.1 Å². The normalized spacial score (nSPS) is 16.6. The quantitative estimate of drug-likeness (QED) is 0.516. The van der Waals surface area contributed by atoms with Crippen molar-refractivity contribution in [3.63, 3.8) is 0 Å². The number of hydrogen-bond acceptors (Lipinski definition) is 4. The molecule has 7 nitrogen and oxygen atoms in total. The van der Waals surface area contributed by atoms with Gasteiger partial charge >= 0.3 is 0 Å². The molecule has 3 rings (SSSR count). The second kappa shape index (κ2) is 10.3. The Bertz CT molecular complexity index is 872. The predicted octanol–water partition coefficient (Wildman–Crippen LogP) is 2.52. The molecule has 1 atom stereocenters. The second-order valence-corrected chi connectivity index (χ2v) is 7.79. The maximum Gasteiger partial charge on any atom is 0.243 e. The van der Waals surface area contributed by atoms with Crippen LogP contribution in [0.15, 0.2) is 46.0 Å². The fraction of sp³-hybridized carbons (Fsp3) is 0.429. The summed E-state index contributed by atoms with van der Waals surface area (Å²) in [5.74, 6) is 0.971. The molecule has 30 heavy (non-hydrogen) atoms. The molecule has 1 fully saturated rings. The van der Waals surface area contributed by atoms with Crippen LogP contribution in [0, 0.1) is 5.82 Å². The summed E-state index contributed by atoms with van der Waals surface area (Å²) in [6.45, 7) is 2.23. The van der Waals surface area contributed by atoms with Crippen molar-refractivity contribution in [2.24, 2.45) is 4.99 Å². The first-order valence-corrected chi connectivity index (χ1v) is 10.3. The van der Waals surface area contributed by atoms with E-state index in [0.717, 1.165) is 31.0 Å². The molecule has 1 saturated heterocycles. The molecule has 0 bridgehead atoms. The zero-order valence-electron chi connectivity index (χ0n) is 17.2. The average molecular weight is 436 g/mol. The van der Waals surface area contributed by atoms with E-state index < -0.39 is 5.82 Å². The predicted molar refractivity (Wildman–Crippen MR) is 117 cm³/mol. The van der Waals surface area contributed by atoms with Crippen molar-refractivity contribution in [1.29, 1.82) is 0 Å². The summed E-state index contributed by atoms with van der Waals surface area (Å²) in [4.78, 5) is 20.0. The first-order chi connectivity index (χ1) is 14.4. The third-order valence-electron chi connectivity index (χ3n) is 4.91. The lowest BCUT2D eigenvalue weighted by molar-refractivity contribution is -0.127. The van der Waals surface area contributed by atoms with Gasteiger partial charge in [-0.3, -0.25) is 4.79 Å². The van der Waals surface area contributed by atoms with E-state index in [-0.39, 0.29) is 23.5 Å². The summed E-state index contributed by atoms with van der Waals surface area (Å²) in [7, 11) is 3.41. The van der Waals surface area contributed by atoms with Crippen molar-refractivity contribution in [3.8, 4) is 0 Å². The van der Waals surface area contributed by atoms with Gasteiger partial charge in [-0.2, -0.15) is 0 Å². The van der Waals surface area contributed by atoms with E-state index in [9.17, 15) is 9.18 Å². The molecule has 0 saturated carbocycles. The van der Waals surface area contributed by atoms with E-state index in [0.29, 0.717) is 18.9 Å². The molecular weight excluding hydrogens is 409 g/mol. The van der Waals surface area contributed by atoms with Crippen molar-refractivity contribution < 1.29 is 13.6 Å². The van der Waals surface area contributed by atoms with Crippen LogP contribution in [-0.4, -0.2) is 63.1 Å². The lowest BCUT2D eigenvalue weighted by Crippen LogP contribution is -2.45. The average Bonchev–Trinajstić information content (AvgIpc) is 3.40. The van der Waals surface area contributed by atoms with Gasteiger partial charge in [0.25, 0.3) is 0 Å². The Morgan fingerprint density at radius 1 is 1.40 bits per heavy atom. The molecular formula is C21H27ClFN5O2. The number of carbonyl (C=O) groups excluding carboxylic acids is 1. The van der Waals surface area contributed by atoms with Crippen LogP contribution in [-0.2, 0) is 11.2 Å². The van der Waals surface area contributed by atoms with Crippen molar-refractivity contribution in [1.82, 2.24) is 15.5 Å². The molecule has 1 aliphatic rings. The fourth-order valence-corrected chi connectivity index (χ4v) is 3.36. The lowest BCUT2D eigenvalue weighted by Gasteiger charge is -2.21. The Labute approximate surface area is 180 Å². The molecule has 2 heterocycles. The second-order valence-electron chi connectivity index (χ2n) is 7.38. The van der Waals surface area contributed by atoms with Gasteiger partial charge in [0, 0.05) is 51.9 Å². The van der Waals surface area contributed by atoms with E-state index in [1.165, 1.54) is 11.0 Å². The number of benzene rings is 1. The molecule has 1 aliphatic heterocycles. The van der Waals surface area contributed by atoms with Crippen LogP contribution in [0.2, 0.25) is 5.02 Å². The van der Waals surface area contributed by atoms with Gasteiger partial charge in [-0.1, -0.05) is 11.6 Å². The Morgan fingerprint density at radius 3 is 2.93 bits per heavy atom. The van der Waals surface area contributed by atoms with Crippen LogP contribution in [0.25, 0.3) is 0 Å². The number of rotatable bonds is 7. The van der Waals surface area contributed by atoms with Crippen molar-refractivity contribution >= 4 is 29.2 Å². The summed E-state index contributed by atoms with van der Waals surface area (Å²) >= 11 is 5.92. The zero-order chi connectivity index (χ0) is 21.5. The molecule has 0 aliphatic carbocycles. The molecule has 1 unspecified atom stereocenters. The Balaban J connectivity index is 1.59. The molecule has 9 heteroatoms. The number of furan rings is 1. The number of hydrogen-bond donors (Lipinski definition) is 2. The number of anilines is 1. The van der Waals surface area contributed by atoms with Crippen molar-refractivity contribution in [2.45, 2.75) is 18.9 Å². The molecule has 1 amide bonds. The van der Waals surface area contributed by atoms with E-state index in [2.05, 4.69) is 20.5 Å². The number of aliphatic imine (C=N–C) groups is 1. The van der Waals surface area contributed by atoms with E-state index in [1.807, 2.05) is 12.1 Å². The number of nitrogens with zero attached hydrogens (tertiary/aromatic N) is 3. The van der Waals surface area contributed by atoms with Crippen LogP contribution in [0.3, 0.4) is 0 Å². The maximum absolute atomic E-state index is 13.4. The van der Waals surface area contributed by atoms with E-state index >= 15 is 0 Å². The first kappa shape index (κ1) is 22.0. The molecule has 2 N–H and O–H groups in total. The summed E-state index contributed by atoms with van der Waals surface area (Å²) in [5.41, 5.74) is 0.887. The fourth-order valence-electron chi connectivity index (χ4n) is 3.19. The molecule has 0 radical (unpaired) electrons. The first-order valence-electron chi connectivity index (χ1n) is 9.90. The van der Waals surface area contributed by atoms with Gasteiger partial charge in [0.2, 0.25) is 5.91 Å². The Kier molecular flexibility index (Phi) is 7.57. The standard InChI is InChI=1S/C21H27ClFN5O2/c1-27(2)20(29)13-25-21(24-9-7-17-4-3-11-30-17)26-15-8-10-28(14-15)16-5-6-19(23)18(22)12-16/h3-6,11-12,15H,7-10,13-14H2,1-2H3,(H2,24,25,26). The monoisotopic (exact) mass is 435 g/mol. The summed E-state index contributed by atoms with van der Waals surface area (Å²) in [6.07, 6.45) is 3.24. The lowest BCUT2D eigenvalue weighted by atomic mass is 10.2. The van der Waals surface area contributed by atoms with Gasteiger partial charge in [0.05, 0.1) is 11.3 Å². The van der Waals surface area contributed by atoms with Gasteiger partial charge in [-0.05, 0) is 36.8 Å². The highest BCUT2D eigenvalue weighted by atomic mass is 35.5. The number of carbonyl (C=O) groups is 1. The molecule has 0 spiro atoms. The third-order valence-corrected chi connectivity index (χ3v) is 5.20. The summed E-state index contributed by atoms with van der Waals surface area (Å²) < 4.78 is 18.8. The van der Waals surface area contributed by atoms with Gasteiger partial charge in [0.15, 0.2) is 5.96 Å². The van der Waals surface area contributed by atoms with Crippen molar-refractivity contribution in [3.05, 3.63) is 53.2 Å². The van der Waals surface area contributed by atoms with Crippen LogP contribution in [0.1, 0.15) is 12.2 Å². The minimum absolute atomic E-state index is 0.0626. The van der Waals surface area contributed by atoms with Crippen LogP contribution in [0.5, 0.6) is 0 Å². The van der Waals surface area contributed by atoms with Crippen LogP contribution in [0.4, 0.5) is 10.1 Å². The highest BCUT2D eigenvalue weighted by Gasteiger charge is 2.24. The number of halogens is 2. The van der Waals surface area contributed by atoms with Gasteiger partial charge in [-0.15, -0.1) is 0 Å². The largest absolute Gasteiger partial charge is 0.469 e. The summed E-state index contributed by atoms with van der Waals surface area (Å²) in [6, 6.07) is 8.67. The highest BCUT2D eigenvalue weighted by Crippen LogP contribution is 2.25. The van der Waals surface area contributed by atoms with E-state index in [4.69, 9.17) is 16.0 Å².